The highest BCUT2D eigenvalue weighted by molar-refractivity contribution is 5.78. The van der Waals surface area contributed by atoms with E-state index in [1.54, 1.807) is 0 Å². The highest BCUT2D eigenvalue weighted by atomic mass is 16.7. The third-order valence-electron chi connectivity index (χ3n) is 2.97. The Hall–Kier alpha value is -2.39. The number of fused-ring (bicyclic) bond motifs is 1. The van der Waals surface area contributed by atoms with E-state index in [9.17, 15) is 0 Å². The predicted molar refractivity (Wildman–Crippen MR) is 78.5 cm³/mol. The van der Waals surface area contributed by atoms with Gasteiger partial charge in [0, 0.05) is 11.5 Å². The molecule has 0 amide bonds. The smallest absolute Gasteiger partial charge is 0.216 e. The van der Waals surface area contributed by atoms with Gasteiger partial charge in [-0.25, -0.2) is 4.98 Å². The van der Waals surface area contributed by atoms with Crippen LogP contribution in [0, 0.1) is 0 Å². The van der Waals surface area contributed by atoms with Gasteiger partial charge in [0.25, 0.3) is 0 Å². The lowest BCUT2D eigenvalue weighted by atomic mass is 10.2. The molecule has 3 heteroatoms. The third-order valence-corrected chi connectivity index (χ3v) is 2.97. The van der Waals surface area contributed by atoms with Crippen molar-refractivity contribution in [2.24, 2.45) is 0 Å². The number of nitrogens with zero attached hydrogens (tertiary/aromatic N) is 1. The van der Waals surface area contributed by atoms with Gasteiger partial charge in [0.1, 0.15) is 0 Å². The van der Waals surface area contributed by atoms with Gasteiger partial charge in [0.15, 0.2) is 6.79 Å². The summed E-state index contributed by atoms with van der Waals surface area (Å²) in [5.74, 6) is 0.580. The maximum Gasteiger partial charge on any atom is 0.216 e. The maximum absolute atomic E-state index is 5.50. The Labute approximate surface area is 117 Å². The lowest BCUT2D eigenvalue weighted by Crippen LogP contribution is -2.04. The van der Waals surface area contributed by atoms with E-state index < -0.39 is 0 Å². The molecule has 0 aliphatic carbocycles. The minimum Gasteiger partial charge on any atom is -0.451 e. The summed E-state index contributed by atoms with van der Waals surface area (Å²) in [5.41, 5.74) is 2.05. The van der Waals surface area contributed by atoms with Crippen LogP contribution in [0.1, 0.15) is 5.56 Å². The monoisotopic (exact) mass is 265 g/mol. The van der Waals surface area contributed by atoms with E-state index in [1.165, 1.54) is 0 Å². The number of para-hydroxylation sites is 1. The second-order valence-electron chi connectivity index (χ2n) is 4.44. The summed E-state index contributed by atoms with van der Waals surface area (Å²) in [6, 6.07) is 21.8. The van der Waals surface area contributed by atoms with Crippen LogP contribution in [0.2, 0.25) is 0 Å². The van der Waals surface area contributed by atoms with E-state index in [1.807, 2.05) is 66.7 Å². The first kappa shape index (κ1) is 12.6. The topological polar surface area (TPSA) is 31.4 Å². The highest BCUT2D eigenvalue weighted by Gasteiger charge is 1.99. The first-order valence-electron chi connectivity index (χ1n) is 6.52. The van der Waals surface area contributed by atoms with Crippen molar-refractivity contribution in [1.29, 1.82) is 0 Å². The molecule has 3 nitrogen and oxygen atoms in total. The molecule has 3 rings (SSSR count). The Kier molecular flexibility index (Phi) is 3.90. The predicted octanol–water partition coefficient (Wildman–Crippen LogP) is 3.79. The Balaban J connectivity index is 1.55. The fourth-order valence-electron chi connectivity index (χ4n) is 1.96. The molecule has 0 unspecified atom stereocenters. The van der Waals surface area contributed by atoms with Crippen molar-refractivity contribution in [3.05, 3.63) is 72.3 Å². The second kappa shape index (κ2) is 6.17. The third kappa shape index (κ3) is 3.13. The van der Waals surface area contributed by atoms with Crippen LogP contribution < -0.4 is 4.74 Å². The molecule has 0 spiro atoms. The number of hydrogen-bond donors (Lipinski definition) is 0. The standard InChI is InChI=1S/C17H15NO2/c1-2-6-14(7-3-1)12-19-13-20-17-11-10-15-8-4-5-9-16(15)18-17/h1-11H,12-13H2. The molecule has 0 N–H and O–H groups in total. The van der Waals surface area contributed by atoms with Crippen LogP contribution >= 0.6 is 0 Å². The molecule has 0 aliphatic rings. The number of benzene rings is 2. The SMILES string of the molecule is c1ccc(COCOc2ccc3ccccc3n2)cc1. The molecule has 0 atom stereocenters. The summed E-state index contributed by atoms with van der Waals surface area (Å²) in [5, 5.41) is 1.10. The minimum atomic E-state index is 0.195. The Bertz CT molecular complexity index is 683. The molecule has 2 aromatic carbocycles. The fraction of sp³-hybridized carbons (Fsp3) is 0.118. The summed E-state index contributed by atoms with van der Waals surface area (Å²) in [6.07, 6.45) is 0. The fourth-order valence-corrected chi connectivity index (χ4v) is 1.96. The van der Waals surface area contributed by atoms with E-state index in [-0.39, 0.29) is 6.79 Å². The second-order valence-corrected chi connectivity index (χ2v) is 4.44. The Morgan fingerprint density at radius 1 is 0.800 bits per heavy atom. The van der Waals surface area contributed by atoms with Crippen molar-refractivity contribution in [2.75, 3.05) is 6.79 Å². The maximum atomic E-state index is 5.50. The van der Waals surface area contributed by atoms with Crippen LogP contribution in [0.4, 0.5) is 0 Å². The van der Waals surface area contributed by atoms with E-state index in [4.69, 9.17) is 9.47 Å². The Morgan fingerprint density at radius 2 is 1.60 bits per heavy atom. The van der Waals surface area contributed by atoms with Crippen LogP contribution in [-0.4, -0.2) is 11.8 Å². The molecule has 3 aromatic rings. The molecule has 0 saturated carbocycles. The highest BCUT2D eigenvalue weighted by Crippen LogP contribution is 2.16. The van der Waals surface area contributed by atoms with Crippen molar-refractivity contribution >= 4 is 10.9 Å². The minimum absolute atomic E-state index is 0.195. The van der Waals surface area contributed by atoms with E-state index in [0.29, 0.717) is 12.5 Å². The lowest BCUT2D eigenvalue weighted by Gasteiger charge is -2.07. The molecular formula is C17H15NO2. The van der Waals surface area contributed by atoms with Crippen LogP contribution in [0.15, 0.2) is 66.7 Å². The van der Waals surface area contributed by atoms with Crippen LogP contribution in [0.5, 0.6) is 5.88 Å². The van der Waals surface area contributed by atoms with Gasteiger partial charge in [-0.1, -0.05) is 48.5 Å². The Morgan fingerprint density at radius 3 is 2.50 bits per heavy atom. The first-order chi connectivity index (χ1) is 9.92. The van der Waals surface area contributed by atoms with Gasteiger partial charge in [0.2, 0.25) is 5.88 Å². The average molecular weight is 265 g/mol. The quantitative estimate of drug-likeness (QED) is 0.519. The van der Waals surface area contributed by atoms with Crippen molar-refractivity contribution < 1.29 is 9.47 Å². The molecule has 0 fully saturated rings. The summed E-state index contributed by atoms with van der Waals surface area (Å²) in [6.45, 7) is 0.731. The first-order valence-corrected chi connectivity index (χ1v) is 6.52. The molecule has 0 radical (unpaired) electrons. The largest absolute Gasteiger partial charge is 0.451 e. The van der Waals surface area contributed by atoms with Gasteiger partial charge in [0.05, 0.1) is 12.1 Å². The lowest BCUT2D eigenvalue weighted by molar-refractivity contribution is 0.00275. The van der Waals surface area contributed by atoms with Gasteiger partial charge in [-0.15, -0.1) is 0 Å². The van der Waals surface area contributed by atoms with Gasteiger partial charge >= 0.3 is 0 Å². The molecule has 0 aliphatic heterocycles. The zero-order chi connectivity index (χ0) is 13.6. The zero-order valence-electron chi connectivity index (χ0n) is 11.0. The summed E-state index contributed by atoms with van der Waals surface area (Å²) in [4.78, 5) is 4.42. The number of ether oxygens (including phenoxy) is 2. The summed E-state index contributed by atoms with van der Waals surface area (Å²) in [7, 11) is 0. The normalized spacial score (nSPS) is 10.6. The number of aromatic nitrogens is 1. The van der Waals surface area contributed by atoms with Crippen LogP contribution in [0.25, 0.3) is 10.9 Å². The van der Waals surface area contributed by atoms with Gasteiger partial charge in [-0.3, -0.25) is 0 Å². The van der Waals surface area contributed by atoms with E-state index in [2.05, 4.69) is 4.98 Å². The number of hydrogen-bond acceptors (Lipinski definition) is 3. The zero-order valence-corrected chi connectivity index (χ0v) is 11.0. The van der Waals surface area contributed by atoms with E-state index >= 15 is 0 Å². The molecule has 20 heavy (non-hydrogen) atoms. The summed E-state index contributed by atoms with van der Waals surface area (Å²) < 4.78 is 11.0. The number of pyridine rings is 1. The molecule has 1 aromatic heterocycles. The van der Waals surface area contributed by atoms with E-state index in [0.717, 1.165) is 16.5 Å². The van der Waals surface area contributed by atoms with Crippen LogP contribution in [-0.2, 0) is 11.3 Å². The van der Waals surface area contributed by atoms with Gasteiger partial charge < -0.3 is 9.47 Å². The molecule has 100 valence electrons. The van der Waals surface area contributed by atoms with Crippen molar-refractivity contribution in [3.63, 3.8) is 0 Å². The van der Waals surface area contributed by atoms with Crippen LogP contribution in [0.3, 0.4) is 0 Å². The molecule has 0 saturated heterocycles. The van der Waals surface area contributed by atoms with Crippen molar-refractivity contribution in [3.8, 4) is 5.88 Å². The van der Waals surface area contributed by atoms with Gasteiger partial charge in [-0.05, 0) is 17.7 Å². The van der Waals surface area contributed by atoms with Gasteiger partial charge in [-0.2, -0.15) is 0 Å². The average Bonchev–Trinajstić information content (AvgIpc) is 2.52. The van der Waals surface area contributed by atoms with Crippen molar-refractivity contribution in [2.45, 2.75) is 6.61 Å². The summed E-state index contributed by atoms with van der Waals surface area (Å²) >= 11 is 0. The molecule has 0 bridgehead atoms. The van der Waals surface area contributed by atoms with Crippen molar-refractivity contribution in [1.82, 2.24) is 4.98 Å². The number of rotatable bonds is 5. The molecule has 1 heterocycles. The molecular weight excluding hydrogens is 250 g/mol.